The van der Waals surface area contributed by atoms with Gasteiger partial charge in [0, 0.05) is 0 Å². The standard InChI is InChI=1S/C10H10FNO3S/c1-10(2)9(13)12-7-5-3-4-6(11)8(7)16(10,14)15/h3-5H,1-2H3,(H,12,13). The summed E-state index contributed by atoms with van der Waals surface area (Å²) in [6, 6.07) is 3.77. The zero-order chi connectivity index (χ0) is 12.1. The quantitative estimate of drug-likeness (QED) is 0.747. The highest BCUT2D eigenvalue weighted by Crippen LogP contribution is 2.37. The fraction of sp³-hybridized carbons (Fsp3) is 0.300. The van der Waals surface area contributed by atoms with E-state index in [1.54, 1.807) is 0 Å². The van der Waals surface area contributed by atoms with Gasteiger partial charge in [-0.3, -0.25) is 4.79 Å². The molecule has 1 aromatic rings. The van der Waals surface area contributed by atoms with E-state index >= 15 is 0 Å². The molecular formula is C10H10FNO3S. The highest BCUT2D eigenvalue weighted by atomic mass is 32.2. The Morgan fingerprint density at radius 1 is 1.31 bits per heavy atom. The average Bonchev–Trinajstić information content (AvgIpc) is 2.15. The van der Waals surface area contributed by atoms with Gasteiger partial charge in [-0.1, -0.05) is 6.07 Å². The molecular weight excluding hydrogens is 233 g/mol. The van der Waals surface area contributed by atoms with E-state index in [9.17, 15) is 17.6 Å². The van der Waals surface area contributed by atoms with Crippen LogP contribution in [0.2, 0.25) is 0 Å². The van der Waals surface area contributed by atoms with Crippen LogP contribution in [-0.4, -0.2) is 19.1 Å². The minimum atomic E-state index is -3.99. The molecule has 16 heavy (non-hydrogen) atoms. The van der Waals surface area contributed by atoms with Gasteiger partial charge in [-0.15, -0.1) is 0 Å². The van der Waals surface area contributed by atoms with Gasteiger partial charge in [0.15, 0.2) is 9.84 Å². The van der Waals surface area contributed by atoms with Crippen LogP contribution in [0.25, 0.3) is 0 Å². The second-order valence-corrected chi connectivity index (χ2v) is 6.52. The van der Waals surface area contributed by atoms with E-state index in [0.717, 1.165) is 6.07 Å². The summed E-state index contributed by atoms with van der Waals surface area (Å²) in [5.41, 5.74) is 0.00400. The number of nitrogens with one attached hydrogen (secondary N) is 1. The number of halogens is 1. The summed E-state index contributed by atoms with van der Waals surface area (Å²) in [5.74, 6) is -1.49. The third kappa shape index (κ3) is 1.19. The van der Waals surface area contributed by atoms with Crippen LogP contribution >= 0.6 is 0 Å². The number of hydrogen-bond acceptors (Lipinski definition) is 3. The summed E-state index contributed by atoms with van der Waals surface area (Å²) in [7, 11) is -3.99. The Bertz CT molecular complexity index is 578. The topological polar surface area (TPSA) is 63.2 Å². The maximum atomic E-state index is 13.5. The molecule has 1 heterocycles. The Balaban J connectivity index is 2.85. The van der Waals surface area contributed by atoms with Gasteiger partial charge >= 0.3 is 0 Å². The molecule has 0 saturated heterocycles. The summed E-state index contributed by atoms with van der Waals surface area (Å²) < 4.78 is 36.0. The Morgan fingerprint density at radius 2 is 1.94 bits per heavy atom. The molecule has 0 saturated carbocycles. The normalized spacial score (nSPS) is 21.1. The van der Waals surface area contributed by atoms with Crippen molar-refractivity contribution in [2.24, 2.45) is 0 Å². The van der Waals surface area contributed by atoms with Gasteiger partial charge in [0.1, 0.15) is 15.5 Å². The van der Waals surface area contributed by atoms with Crippen LogP contribution in [0.4, 0.5) is 10.1 Å². The third-order valence-electron chi connectivity index (χ3n) is 2.70. The SMILES string of the molecule is CC1(C)C(=O)Nc2cccc(F)c2S1(=O)=O. The number of hydrogen-bond donors (Lipinski definition) is 1. The molecule has 0 bridgehead atoms. The van der Waals surface area contributed by atoms with Crippen LogP contribution in [0.5, 0.6) is 0 Å². The van der Waals surface area contributed by atoms with Crippen molar-refractivity contribution >= 4 is 21.4 Å². The lowest BCUT2D eigenvalue weighted by Crippen LogP contribution is -2.48. The van der Waals surface area contributed by atoms with E-state index in [4.69, 9.17) is 0 Å². The predicted molar refractivity (Wildman–Crippen MR) is 56.3 cm³/mol. The lowest BCUT2D eigenvalue weighted by Gasteiger charge is -2.30. The number of fused-ring (bicyclic) bond motifs is 1. The fourth-order valence-corrected chi connectivity index (χ4v) is 3.07. The molecule has 1 aromatic carbocycles. The molecule has 1 aliphatic heterocycles. The maximum absolute atomic E-state index is 13.5. The fourth-order valence-electron chi connectivity index (χ4n) is 1.53. The van der Waals surface area contributed by atoms with Crippen molar-refractivity contribution in [2.45, 2.75) is 23.5 Å². The first-order valence-corrected chi connectivity index (χ1v) is 6.11. The molecule has 1 amide bonds. The lowest BCUT2D eigenvalue weighted by atomic mass is 10.1. The van der Waals surface area contributed by atoms with Gasteiger partial charge < -0.3 is 5.32 Å². The minimum absolute atomic E-state index is 0.00400. The van der Waals surface area contributed by atoms with Crippen LogP contribution in [0.15, 0.2) is 23.1 Å². The van der Waals surface area contributed by atoms with Crippen molar-refractivity contribution in [2.75, 3.05) is 5.32 Å². The van der Waals surface area contributed by atoms with Gasteiger partial charge in [-0.05, 0) is 26.0 Å². The van der Waals surface area contributed by atoms with Crippen molar-refractivity contribution < 1.29 is 17.6 Å². The van der Waals surface area contributed by atoms with E-state index in [1.807, 2.05) is 0 Å². The molecule has 2 rings (SSSR count). The molecule has 86 valence electrons. The van der Waals surface area contributed by atoms with E-state index in [2.05, 4.69) is 5.32 Å². The van der Waals surface area contributed by atoms with Gasteiger partial charge in [0.2, 0.25) is 5.91 Å². The molecule has 1 N–H and O–H groups in total. The Morgan fingerprint density at radius 3 is 2.56 bits per heavy atom. The minimum Gasteiger partial charge on any atom is -0.323 e. The number of carbonyl (C=O) groups excluding carboxylic acids is 1. The molecule has 4 nitrogen and oxygen atoms in total. The highest BCUT2D eigenvalue weighted by Gasteiger charge is 2.48. The third-order valence-corrected chi connectivity index (χ3v) is 5.18. The zero-order valence-corrected chi connectivity index (χ0v) is 9.56. The summed E-state index contributed by atoms with van der Waals surface area (Å²) in [6.07, 6.45) is 0. The van der Waals surface area contributed by atoms with Crippen LogP contribution in [0.3, 0.4) is 0 Å². The first kappa shape index (κ1) is 11.1. The Hall–Kier alpha value is -1.43. The number of anilines is 1. The largest absolute Gasteiger partial charge is 0.323 e. The molecule has 0 spiro atoms. The average molecular weight is 243 g/mol. The van der Waals surface area contributed by atoms with Crippen molar-refractivity contribution in [3.8, 4) is 0 Å². The second kappa shape index (κ2) is 3.04. The van der Waals surface area contributed by atoms with Crippen LogP contribution in [-0.2, 0) is 14.6 Å². The number of amides is 1. The van der Waals surface area contributed by atoms with Gasteiger partial charge in [0.25, 0.3) is 0 Å². The van der Waals surface area contributed by atoms with Gasteiger partial charge in [0.05, 0.1) is 5.69 Å². The first-order valence-electron chi connectivity index (χ1n) is 4.63. The maximum Gasteiger partial charge on any atom is 0.245 e. The molecule has 1 aliphatic rings. The van der Waals surface area contributed by atoms with E-state index < -0.39 is 31.2 Å². The molecule has 0 aliphatic carbocycles. The van der Waals surface area contributed by atoms with Crippen LogP contribution in [0, 0.1) is 5.82 Å². The Labute approximate surface area is 92.4 Å². The molecule has 0 fully saturated rings. The molecule has 0 atom stereocenters. The molecule has 0 unspecified atom stereocenters. The van der Waals surface area contributed by atoms with Crippen molar-refractivity contribution in [1.29, 1.82) is 0 Å². The smallest absolute Gasteiger partial charge is 0.245 e. The van der Waals surface area contributed by atoms with E-state index in [-0.39, 0.29) is 5.69 Å². The number of benzene rings is 1. The van der Waals surface area contributed by atoms with Crippen molar-refractivity contribution in [1.82, 2.24) is 0 Å². The monoisotopic (exact) mass is 243 g/mol. The van der Waals surface area contributed by atoms with E-state index in [1.165, 1.54) is 26.0 Å². The predicted octanol–water partition coefficient (Wildman–Crippen LogP) is 1.33. The summed E-state index contributed by atoms with van der Waals surface area (Å²) >= 11 is 0. The summed E-state index contributed by atoms with van der Waals surface area (Å²) in [5, 5.41) is 2.39. The number of carbonyl (C=O) groups is 1. The number of sulfone groups is 1. The van der Waals surface area contributed by atoms with Crippen LogP contribution in [0.1, 0.15) is 13.8 Å². The number of rotatable bonds is 0. The lowest BCUT2D eigenvalue weighted by molar-refractivity contribution is -0.118. The highest BCUT2D eigenvalue weighted by molar-refractivity contribution is 7.94. The zero-order valence-electron chi connectivity index (χ0n) is 8.74. The summed E-state index contributed by atoms with van der Waals surface area (Å²) in [4.78, 5) is 11.2. The molecule has 6 heteroatoms. The van der Waals surface area contributed by atoms with Crippen molar-refractivity contribution in [3.63, 3.8) is 0 Å². The molecule has 0 radical (unpaired) electrons. The van der Waals surface area contributed by atoms with Crippen LogP contribution < -0.4 is 5.32 Å². The van der Waals surface area contributed by atoms with Gasteiger partial charge in [-0.2, -0.15) is 0 Å². The molecule has 0 aromatic heterocycles. The first-order chi connectivity index (χ1) is 7.28. The van der Waals surface area contributed by atoms with Gasteiger partial charge in [-0.25, -0.2) is 12.8 Å². The van der Waals surface area contributed by atoms with Crippen molar-refractivity contribution in [3.05, 3.63) is 24.0 Å². The Kier molecular flexibility index (Phi) is 2.10. The second-order valence-electron chi connectivity index (χ2n) is 4.08. The van der Waals surface area contributed by atoms with E-state index in [0.29, 0.717) is 0 Å². The summed E-state index contributed by atoms with van der Waals surface area (Å²) in [6.45, 7) is 2.51.